The number of amides is 1. The topological polar surface area (TPSA) is 74.1 Å². The highest BCUT2D eigenvalue weighted by Gasteiger charge is 2.11. The minimum absolute atomic E-state index is 0.0270. The monoisotopic (exact) mass is 321 g/mol. The first kappa shape index (κ1) is 17.1. The summed E-state index contributed by atoms with van der Waals surface area (Å²) in [6.07, 6.45) is 1.37. The van der Waals surface area contributed by atoms with Gasteiger partial charge in [-0.1, -0.05) is 29.8 Å². The van der Waals surface area contributed by atoms with Gasteiger partial charge in [0.2, 0.25) is 0 Å². The zero-order valence-corrected chi connectivity index (χ0v) is 13.9. The van der Waals surface area contributed by atoms with Crippen molar-refractivity contribution in [2.24, 2.45) is 0 Å². The number of hydrogen-bond donors (Lipinski definition) is 2. The van der Waals surface area contributed by atoms with Gasteiger partial charge in [0.15, 0.2) is 0 Å². The van der Waals surface area contributed by atoms with Gasteiger partial charge in [-0.15, -0.1) is 0 Å². The quantitative estimate of drug-likeness (QED) is 0.649. The van der Waals surface area contributed by atoms with Crippen LogP contribution in [0.3, 0.4) is 0 Å². The molecule has 0 aromatic heterocycles. The number of hydrogen-bond acceptors (Lipinski definition) is 4. The smallest absolute Gasteiger partial charge is 0.267 e. The van der Waals surface area contributed by atoms with Gasteiger partial charge in [-0.2, -0.15) is 5.26 Å². The van der Waals surface area contributed by atoms with Gasteiger partial charge in [0.05, 0.1) is 12.8 Å². The fraction of sp³-hybridized carbons (Fsp3) is 0.158. The van der Waals surface area contributed by atoms with Crippen LogP contribution in [0.2, 0.25) is 0 Å². The second-order valence-corrected chi connectivity index (χ2v) is 5.29. The van der Waals surface area contributed by atoms with Crippen LogP contribution in [0.5, 0.6) is 5.75 Å². The fourth-order valence-electron chi connectivity index (χ4n) is 2.21. The fourth-order valence-corrected chi connectivity index (χ4v) is 2.21. The van der Waals surface area contributed by atoms with Crippen molar-refractivity contribution in [1.29, 1.82) is 5.26 Å². The predicted molar refractivity (Wildman–Crippen MR) is 94.9 cm³/mol. The van der Waals surface area contributed by atoms with Gasteiger partial charge in [0.25, 0.3) is 5.91 Å². The number of nitrogens with zero attached hydrogens (tertiary/aromatic N) is 1. The lowest BCUT2D eigenvalue weighted by Crippen LogP contribution is -2.15. The maximum absolute atomic E-state index is 12.3. The third kappa shape index (κ3) is 4.14. The number of rotatable bonds is 5. The van der Waals surface area contributed by atoms with E-state index in [1.54, 1.807) is 19.2 Å². The molecule has 2 N–H and O–H groups in total. The Morgan fingerprint density at radius 1 is 1.17 bits per heavy atom. The van der Waals surface area contributed by atoms with Crippen LogP contribution in [0.25, 0.3) is 0 Å². The van der Waals surface area contributed by atoms with Gasteiger partial charge >= 0.3 is 0 Å². The van der Waals surface area contributed by atoms with Gasteiger partial charge in [0.1, 0.15) is 17.4 Å². The molecule has 0 radical (unpaired) electrons. The zero-order valence-electron chi connectivity index (χ0n) is 13.9. The summed E-state index contributed by atoms with van der Waals surface area (Å²) in [6, 6.07) is 14.9. The summed E-state index contributed by atoms with van der Waals surface area (Å²) >= 11 is 0. The number of para-hydroxylation sites is 2. The van der Waals surface area contributed by atoms with Crippen molar-refractivity contribution >= 4 is 17.3 Å². The van der Waals surface area contributed by atoms with Crippen LogP contribution in [0, 0.1) is 25.2 Å². The summed E-state index contributed by atoms with van der Waals surface area (Å²) in [7, 11) is 1.56. The number of carbonyl (C=O) groups is 1. The van der Waals surface area contributed by atoms with Gasteiger partial charge in [-0.05, 0) is 37.6 Å². The summed E-state index contributed by atoms with van der Waals surface area (Å²) in [5.41, 5.74) is 3.38. The number of aryl methyl sites for hydroxylation is 2. The average Bonchev–Trinajstić information content (AvgIpc) is 2.58. The standard InChI is InChI=1S/C19H19N3O2/c1-13-8-9-16(14(2)10-13)22-19(23)15(11-20)12-21-17-6-4-5-7-18(17)24-3/h4-10,12,21H,1-3H3,(H,22,23)/b15-12-. The Morgan fingerprint density at radius 3 is 2.58 bits per heavy atom. The zero-order chi connectivity index (χ0) is 17.5. The Balaban J connectivity index is 2.15. The molecule has 24 heavy (non-hydrogen) atoms. The molecule has 0 saturated heterocycles. The molecule has 0 aliphatic carbocycles. The van der Waals surface area contributed by atoms with E-state index in [4.69, 9.17) is 4.74 Å². The molecule has 1 amide bonds. The van der Waals surface area contributed by atoms with Crippen LogP contribution in [0.15, 0.2) is 54.2 Å². The number of benzene rings is 2. The molecule has 2 aromatic rings. The minimum Gasteiger partial charge on any atom is -0.495 e. The highest BCUT2D eigenvalue weighted by Crippen LogP contribution is 2.23. The summed E-state index contributed by atoms with van der Waals surface area (Å²) in [5.74, 6) is 0.160. The van der Waals surface area contributed by atoms with Crippen LogP contribution < -0.4 is 15.4 Å². The first-order valence-corrected chi connectivity index (χ1v) is 7.43. The van der Waals surface area contributed by atoms with Crippen molar-refractivity contribution in [2.75, 3.05) is 17.7 Å². The van der Waals surface area contributed by atoms with E-state index in [0.717, 1.165) is 11.1 Å². The highest BCUT2D eigenvalue weighted by atomic mass is 16.5. The third-order valence-corrected chi connectivity index (χ3v) is 3.47. The van der Waals surface area contributed by atoms with E-state index < -0.39 is 5.91 Å². The molecule has 2 aromatic carbocycles. The van der Waals surface area contributed by atoms with Crippen molar-refractivity contribution in [3.05, 3.63) is 65.4 Å². The lowest BCUT2D eigenvalue weighted by Gasteiger charge is -2.10. The highest BCUT2D eigenvalue weighted by molar-refractivity contribution is 6.07. The number of nitrogens with one attached hydrogen (secondary N) is 2. The van der Waals surface area contributed by atoms with Crippen molar-refractivity contribution in [3.8, 4) is 11.8 Å². The molecule has 2 rings (SSSR count). The summed E-state index contributed by atoms with van der Waals surface area (Å²) in [6.45, 7) is 3.89. The molecule has 5 heteroatoms. The van der Waals surface area contributed by atoms with Crippen LogP contribution in [0.1, 0.15) is 11.1 Å². The Bertz CT molecular complexity index is 820. The van der Waals surface area contributed by atoms with Crippen molar-refractivity contribution < 1.29 is 9.53 Å². The van der Waals surface area contributed by atoms with Crippen molar-refractivity contribution in [3.63, 3.8) is 0 Å². The van der Waals surface area contributed by atoms with E-state index in [1.165, 1.54) is 6.20 Å². The molecule has 0 fully saturated rings. The average molecular weight is 321 g/mol. The van der Waals surface area contributed by atoms with Crippen LogP contribution in [0.4, 0.5) is 11.4 Å². The van der Waals surface area contributed by atoms with E-state index in [1.807, 2.05) is 50.2 Å². The second-order valence-electron chi connectivity index (χ2n) is 5.29. The maximum Gasteiger partial charge on any atom is 0.267 e. The summed E-state index contributed by atoms with van der Waals surface area (Å²) in [4.78, 5) is 12.3. The summed E-state index contributed by atoms with van der Waals surface area (Å²) < 4.78 is 5.22. The van der Waals surface area contributed by atoms with Crippen molar-refractivity contribution in [2.45, 2.75) is 13.8 Å². The number of methoxy groups -OCH3 is 1. The summed E-state index contributed by atoms with van der Waals surface area (Å²) in [5, 5.41) is 14.9. The first-order valence-electron chi connectivity index (χ1n) is 7.43. The first-order chi connectivity index (χ1) is 11.5. The molecule has 0 unspecified atom stereocenters. The molecule has 0 bridgehead atoms. The van der Waals surface area contributed by atoms with E-state index in [0.29, 0.717) is 17.1 Å². The van der Waals surface area contributed by atoms with Gasteiger partial charge in [0, 0.05) is 11.9 Å². The van der Waals surface area contributed by atoms with E-state index in [-0.39, 0.29) is 5.57 Å². The third-order valence-electron chi connectivity index (χ3n) is 3.47. The SMILES string of the molecule is COc1ccccc1N/C=C(/C#N)C(=O)Nc1ccc(C)cc1C. The van der Waals surface area contributed by atoms with Crippen LogP contribution in [-0.4, -0.2) is 13.0 Å². The largest absolute Gasteiger partial charge is 0.495 e. The molecule has 0 aliphatic rings. The molecule has 5 nitrogen and oxygen atoms in total. The Hall–Kier alpha value is -3.26. The van der Waals surface area contributed by atoms with E-state index in [9.17, 15) is 10.1 Å². The number of ether oxygens (including phenoxy) is 1. The molecular weight excluding hydrogens is 302 g/mol. The molecule has 0 saturated carbocycles. The van der Waals surface area contributed by atoms with Gasteiger partial charge < -0.3 is 15.4 Å². The number of nitriles is 1. The maximum atomic E-state index is 12.3. The normalized spacial score (nSPS) is 10.7. The lowest BCUT2D eigenvalue weighted by atomic mass is 10.1. The lowest BCUT2D eigenvalue weighted by molar-refractivity contribution is -0.112. The number of carbonyl (C=O) groups excluding carboxylic acids is 1. The Morgan fingerprint density at radius 2 is 1.92 bits per heavy atom. The molecule has 0 aliphatic heterocycles. The van der Waals surface area contributed by atoms with E-state index >= 15 is 0 Å². The Labute approximate surface area is 141 Å². The Kier molecular flexibility index (Phi) is 5.58. The predicted octanol–water partition coefficient (Wildman–Crippen LogP) is 3.77. The second kappa shape index (κ2) is 7.84. The number of anilines is 2. The minimum atomic E-state index is -0.466. The molecular formula is C19H19N3O2. The van der Waals surface area contributed by atoms with Crippen molar-refractivity contribution in [1.82, 2.24) is 0 Å². The molecule has 122 valence electrons. The van der Waals surface area contributed by atoms with E-state index in [2.05, 4.69) is 10.6 Å². The molecule has 0 atom stereocenters. The molecule has 0 heterocycles. The van der Waals surface area contributed by atoms with Gasteiger partial charge in [-0.25, -0.2) is 0 Å². The van der Waals surface area contributed by atoms with Gasteiger partial charge in [-0.3, -0.25) is 4.79 Å². The molecule has 0 spiro atoms. The van der Waals surface area contributed by atoms with Crippen LogP contribution in [-0.2, 0) is 4.79 Å². The van der Waals surface area contributed by atoms with Crippen LogP contribution >= 0.6 is 0 Å².